The summed E-state index contributed by atoms with van der Waals surface area (Å²) in [6.07, 6.45) is 0. The van der Waals surface area contributed by atoms with E-state index in [1.807, 2.05) is 0 Å². The van der Waals surface area contributed by atoms with E-state index >= 15 is 0 Å². The van der Waals surface area contributed by atoms with Gasteiger partial charge in [-0.05, 0) is 33.7 Å². The molecule has 92 valence electrons. The summed E-state index contributed by atoms with van der Waals surface area (Å²) in [4.78, 5) is 7.26. The maximum atomic E-state index is 2.53. The maximum Gasteiger partial charge on any atom is 0.0110 e. The van der Waals surface area contributed by atoms with Gasteiger partial charge in [-0.15, -0.1) is 0 Å². The second-order valence-electron chi connectivity index (χ2n) is 4.26. The molecule has 0 N–H and O–H groups in total. The number of rotatable bonds is 9. The minimum absolute atomic E-state index is 1.16. The lowest BCUT2D eigenvalue weighted by atomic mass is 10.4. The predicted molar refractivity (Wildman–Crippen MR) is 68.5 cm³/mol. The third-order valence-corrected chi connectivity index (χ3v) is 2.94. The Morgan fingerprint density at radius 1 is 0.600 bits per heavy atom. The standard InChI is InChI=1S/C12H29N3/c1-6-14(7-2)11-12-15(8-3)10-9-13(4)5/h6-12H2,1-5H3. The van der Waals surface area contributed by atoms with E-state index in [9.17, 15) is 0 Å². The third-order valence-electron chi connectivity index (χ3n) is 2.94. The van der Waals surface area contributed by atoms with E-state index in [4.69, 9.17) is 0 Å². The molecule has 0 saturated heterocycles. The molecule has 0 aliphatic rings. The van der Waals surface area contributed by atoms with Gasteiger partial charge in [0.05, 0.1) is 0 Å². The zero-order chi connectivity index (χ0) is 11.7. The molecule has 0 rings (SSSR count). The molecule has 3 heteroatoms. The molecule has 0 bridgehead atoms. The number of hydrogen-bond acceptors (Lipinski definition) is 3. The van der Waals surface area contributed by atoms with E-state index in [2.05, 4.69) is 49.6 Å². The van der Waals surface area contributed by atoms with Crippen LogP contribution in [0.5, 0.6) is 0 Å². The van der Waals surface area contributed by atoms with E-state index < -0.39 is 0 Å². The second kappa shape index (κ2) is 9.13. The van der Waals surface area contributed by atoms with Crippen LogP contribution in [0.4, 0.5) is 0 Å². The van der Waals surface area contributed by atoms with Crippen LogP contribution in [-0.2, 0) is 0 Å². The average Bonchev–Trinajstić information content (AvgIpc) is 2.23. The van der Waals surface area contributed by atoms with Crippen LogP contribution in [-0.4, -0.2) is 74.6 Å². The van der Waals surface area contributed by atoms with Gasteiger partial charge in [-0.3, -0.25) is 0 Å². The largest absolute Gasteiger partial charge is 0.308 e. The van der Waals surface area contributed by atoms with Crippen LogP contribution in [0.3, 0.4) is 0 Å². The smallest absolute Gasteiger partial charge is 0.0110 e. The van der Waals surface area contributed by atoms with E-state index in [0.29, 0.717) is 0 Å². The van der Waals surface area contributed by atoms with Crippen LogP contribution in [0.1, 0.15) is 20.8 Å². The third kappa shape index (κ3) is 7.77. The Balaban J connectivity index is 3.68. The number of likely N-dealkylation sites (N-methyl/N-ethyl adjacent to an activating group) is 3. The van der Waals surface area contributed by atoms with E-state index in [1.54, 1.807) is 0 Å². The Bertz CT molecular complexity index is 133. The fourth-order valence-corrected chi connectivity index (χ4v) is 1.59. The lowest BCUT2D eigenvalue weighted by Crippen LogP contribution is -2.38. The van der Waals surface area contributed by atoms with Crippen molar-refractivity contribution < 1.29 is 0 Å². The molecule has 0 spiro atoms. The topological polar surface area (TPSA) is 9.72 Å². The summed E-state index contributed by atoms with van der Waals surface area (Å²) >= 11 is 0. The van der Waals surface area contributed by atoms with Gasteiger partial charge >= 0.3 is 0 Å². The van der Waals surface area contributed by atoms with Crippen LogP contribution in [0.2, 0.25) is 0 Å². The van der Waals surface area contributed by atoms with Gasteiger partial charge in [0, 0.05) is 26.2 Å². The Hall–Kier alpha value is -0.120. The average molecular weight is 215 g/mol. The molecule has 0 unspecified atom stereocenters. The molecule has 0 aromatic heterocycles. The zero-order valence-electron chi connectivity index (χ0n) is 11.3. The lowest BCUT2D eigenvalue weighted by molar-refractivity contribution is 0.206. The van der Waals surface area contributed by atoms with Gasteiger partial charge in [-0.25, -0.2) is 0 Å². The van der Waals surface area contributed by atoms with Gasteiger partial charge in [0.1, 0.15) is 0 Å². The molecule has 0 radical (unpaired) electrons. The SMILES string of the molecule is CCN(CC)CCN(CC)CCN(C)C. The summed E-state index contributed by atoms with van der Waals surface area (Å²) in [5, 5.41) is 0. The molecule has 0 aliphatic heterocycles. The fourth-order valence-electron chi connectivity index (χ4n) is 1.59. The number of nitrogens with zero attached hydrogens (tertiary/aromatic N) is 3. The molecule has 3 nitrogen and oxygen atoms in total. The summed E-state index contributed by atoms with van der Waals surface area (Å²) in [5.41, 5.74) is 0. The molecule has 0 fully saturated rings. The summed E-state index contributed by atoms with van der Waals surface area (Å²) in [6, 6.07) is 0. The van der Waals surface area contributed by atoms with Crippen molar-refractivity contribution in [2.24, 2.45) is 0 Å². The monoisotopic (exact) mass is 215 g/mol. The normalized spacial score (nSPS) is 12.0. The first-order valence-corrected chi connectivity index (χ1v) is 6.23. The highest BCUT2D eigenvalue weighted by Gasteiger charge is 2.05. The Kier molecular flexibility index (Phi) is 9.06. The predicted octanol–water partition coefficient (Wildman–Crippen LogP) is 1.21. The van der Waals surface area contributed by atoms with E-state index in [-0.39, 0.29) is 0 Å². The van der Waals surface area contributed by atoms with Crippen LogP contribution in [0.15, 0.2) is 0 Å². The first kappa shape index (κ1) is 14.9. The van der Waals surface area contributed by atoms with Crippen molar-refractivity contribution in [1.82, 2.24) is 14.7 Å². The molecule has 0 aromatic rings. The minimum atomic E-state index is 1.16. The van der Waals surface area contributed by atoms with Gasteiger partial charge < -0.3 is 14.7 Å². The van der Waals surface area contributed by atoms with Crippen LogP contribution >= 0.6 is 0 Å². The van der Waals surface area contributed by atoms with Crippen molar-refractivity contribution in [2.75, 3.05) is 59.9 Å². The molecule has 0 atom stereocenters. The fraction of sp³-hybridized carbons (Fsp3) is 1.00. The molecule has 0 saturated carbocycles. The van der Waals surface area contributed by atoms with Gasteiger partial charge in [0.15, 0.2) is 0 Å². The van der Waals surface area contributed by atoms with Crippen molar-refractivity contribution >= 4 is 0 Å². The number of hydrogen-bond donors (Lipinski definition) is 0. The maximum absolute atomic E-state index is 2.53. The van der Waals surface area contributed by atoms with Crippen molar-refractivity contribution in [2.45, 2.75) is 20.8 Å². The molecule has 0 aromatic carbocycles. The highest BCUT2D eigenvalue weighted by Crippen LogP contribution is 1.92. The highest BCUT2D eigenvalue weighted by molar-refractivity contribution is 4.61. The van der Waals surface area contributed by atoms with E-state index in [1.165, 1.54) is 32.7 Å². The molecule has 0 aliphatic carbocycles. The first-order chi connectivity index (χ1) is 7.13. The van der Waals surface area contributed by atoms with Gasteiger partial charge in [-0.1, -0.05) is 20.8 Å². The van der Waals surface area contributed by atoms with Gasteiger partial charge in [-0.2, -0.15) is 0 Å². The molecular formula is C12H29N3. The Labute approximate surface area is 96.0 Å². The van der Waals surface area contributed by atoms with Gasteiger partial charge in [0.25, 0.3) is 0 Å². The minimum Gasteiger partial charge on any atom is -0.308 e. The van der Waals surface area contributed by atoms with Crippen molar-refractivity contribution in [3.8, 4) is 0 Å². The van der Waals surface area contributed by atoms with Crippen LogP contribution in [0.25, 0.3) is 0 Å². The summed E-state index contributed by atoms with van der Waals surface area (Å²) in [7, 11) is 4.27. The first-order valence-electron chi connectivity index (χ1n) is 6.23. The zero-order valence-corrected chi connectivity index (χ0v) is 11.3. The van der Waals surface area contributed by atoms with Crippen LogP contribution < -0.4 is 0 Å². The summed E-state index contributed by atoms with van der Waals surface area (Å²) in [6.45, 7) is 15.0. The lowest BCUT2D eigenvalue weighted by Gasteiger charge is -2.26. The molecule has 0 heterocycles. The Morgan fingerprint density at radius 2 is 1.00 bits per heavy atom. The van der Waals surface area contributed by atoms with E-state index in [0.717, 1.165) is 13.1 Å². The van der Waals surface area contributed by atoms with Crippen molar-refractivity contribution in [3.05, 3.63) is 0 Å². The van der Waals surface area contributed by atoms with Gasteiger partial charge in [0.2, 0.25) is 0 Å². The van der Waals surface area contributed by atoms with Crippen LogP contribution in [0, 0.1) is 0 Å². The quantitative estimate of drug-likeness (QED) is 0.572. The van der Waals surface area contributed by atoms with Crippen molar-refractivity contribution in [3.63, 3.8) is 0 Å². The molecule has 0 amide bonds. The van der Waals surface area contributed by atoms with Crippen molar-refractivity contribution in [1.29, 1.82) is 0 Å². The summed E-state index contributed by atoms with van der Waals surface area (Å²) < 4.78 is 0. The molecular weight excluding hydrogens is 186 g/mol. The second-order valence-corrected chi connectivity index (χ2v) is 4.26. The molecule has 15 heavy (non-hydrogen) atoms. The highest BCUT2D eigenvalue weighted by atomic mass is 15.2. The Morgan fingerprint density at radius 3 is 1.40 bits per heavy atom. The summed E-state index contributed by atoms with van der Waals surface area (Å²) in [5.74, 6) is 0.